The summed E-state index contributed by atoms with van der Waals surface area (Å²) in [5.41, 5.74) is 0. The van der Waals surface area contributed by atoms with Crippen LogP contribution >= 0.6 is 0 Å². The van der Waals surface area contributed by atoms with E-state index in [0.29, 0.717) is 19.3 Å². The molecule has 0 aliphatic heterocycles. The lowest BCUT2D eigenvalue weighted by molar-refractivity contribution is -0.167. The highest BCUT2D eigenvalue weighted by Gasteiger charge is 2.19. The van der Waals surface area contributed by atoms with Gasteiger partial charge in [-0.15, -0.1) is 0 Å². The summed E-state index contributed by atoms with van der Waals surface area (Å²) in [4.78, 5) is 38.2. The first-order valence-electron chi connectivity index (χ1n) is 32.5. The topological polar surface area (TPSA) is 78.9 Å². The minimum atomic E-state index is -0.776. The van der Waals surface area contributed by atoms with E-state index in [2.05, 4.69) is 57.2 Å². The number of hydrogen-bond acceptors (Lipinski definition) is 6. The van der Waals surface area contributed by atoms with Crippen LogP contribution in [0.2, 0.25) is 0 Å². The Kier molecular flexibility index (Phi) is 60.2. The Morgan fingerprint density at radius 2 is 0.493 bits per heavy atom. The maximum atomic E-state index is 12.9. The third kappa shape index (κ3) is 60.4. The van der Waals surface area contributed by atoms with Gasteiger partial charge in [-0.1, -0.05) is 295 Å². The highest BCUT2D eigenvalue weighted by atomic mass is 16.6. The molecule has 1 unspecified atom stereocenters. The number of hydrogen-bond donors (Lipinski definition) is 0. The number of unbranched alkanes of at least 4 members (excludes halogenated alkanes) is 43. The van der Waals surface area contributed by atoms with Crippen LogP contribution in [0.1, 0.15) is 355 Å². The Labute approximate surface area is 455 Å². The summed E-state index contributed by atoms with van der Waals surface area (Å²) >= 11 is 0. The van der Waals surface area contributed by atoms with Crippen molar-refractivity contribution in [2.75, 3.05) is 13.2 Å². The van der Waals surface area contributed by atoms with Gasteiger partial charge in [0.25, 0.3) is 0 Å². The van der Waals surface area contributed by atoms with Gasteiger partial charge in [0.05, 0.1) is 0 Å². The lowest BCUT2D eigenvalue weighted by Crippen LogP contribution is -2.30. The quantitative estimate of drug-likeness (QED) is 0.0261. The number of esters is 3. The van der Waals surface area contributed by atoms with Crippen molar-refractivity contribution in [1.82, 2.24) is 0 Å². The fraction of sp³-hybridized carbons (Fsp3) is 0.866. The standard InChI is InChI=1S/C67H124O6/c1-4-7-10-13-16-19-22-25-27-29-30-31-32-33-34-35-36-37-38-39-41-42-45-48-51-54-57-60-66(69)72-63-64(62-71-65(68)59-56-53-50-47-44-24-21-18-15-12-9-6-3)73-67(70)61-58-55-52-49-46-43-40-28-26-23-20-17-14-11-8-5-2/h20,23,28-30,40,64H,4-19,21-22,24-27,31-39,41-63H2,1-3H3/b23-20-,30-29-,40-28-. The molecule has 0 heterocycles. The van der Waals surface area contributed by atoms with Crippen LogP contribution in [0.4, 0.5) is 0 Å². The van der Waals surface area contributed by atoms with Crippen LogP contribution in [0, 0.1) is 0 Å². The van der Waals surface area contributed by atoms with Crippen molar-refractivity contribution in [3.05, 3.63) is 36.5 Å². The SMILES string of the molecule is CCCCCC/C=C\C/C=C\CCCCCCCC(=O)OC(COC(=O)CCCCCCCCCCCCCC)COC(=O)CCCCCCCCCCCCCCCCC/C=C\CCCCCCCCCC. The molecule has 0 bridgehead atoms. The van der Waals surface area contributed by atoms with Gasteiger partial charge in [-0.2, -0.15) is 0 Å². The van der Waals surface area contributed by atoms with Crippen molar-refractivity contribution in [3.63, 3.8) is 0 Å². The van der Waals surface area contributed by atoms with Crippen molar-refractivity contribution < 1.29 is 28.6 Å². The normalized spacial score (nSPS) is 12.2. The molecule has 6 heteroatoms. The van der Waals surface area contributed by atoms with E-state index in [9.17, 15) is 14.4 Å². The van der Waals surface area contributed by atoms with Crippen LogP contribution in [0.3, 0.4) is 0 Å². The monoisotopic (exact) mass is 1020 g/mol. The highest BCUT2D eigenvalue weighted by molar-refractivity contribution is 5.71. The second-order valence-corrected chi connectivity index (χ2v) is 22.0. The molecule has 0 saturated heterocycles. The summed E-state index contributed by atoms with van der Waals surface area (Å²) in [7, 11) is 0. The van der Waals surface area contributed by atoms with Crippen LogP contribution in [-0.2, 0) is 28.6 Å². The molecule has 0 rings (SSSR count). The maximum absolute atomic E-state index is 12.9. The van der Waals surface area contributed by atoms with E-state index < -0.39 is 6.10 Å². The molecule has 0 fully saturated rings. The highest BCUT2D eigenvalue weighted by Crippen LogP contribution is 2.17. The van der Waals surface area contributed by atoms with E-state index in [1.54, 1.807) is 0 Å². The molecule has 0 aliphatic rings. The van der Waals surface area contributed by atoms with Gasteiger partial charge in [-0.05, 0) is 77.0 Å². The van der Waals surface area contributed by atoms with Crippen molar-refractivity contribution in [2.24, 2.45) is 0 Å². The van der Waals surface area contributed by atoms with Crippen molar-refractivity contribution in [2.45, 2.75) is 361 Å². The molecule has 6 nitrogen and oxygen atoms in total. The molecule has 0 aromatic rings. The van der Waals surface area contributed by atoms with E-state index in [4.69, 9.17) is 14.2 Å². The molecular formula is C67H124O6. The molecule has 0 aromatic heterocycles. The Morgan fingerprint density at radius 3 is 0.781 bits per heavy atom. The molecule has 0 saturated carbocycles. The third-order valence-electron chi connectivity index (χ3n) is 14.6. The molecule has 73 heavy (non-hydrogen) atoms. The first-order chi connectivity index (χ1) is 36.0. The number of rotatable bonds is 60. The zero-order valence-corrected chi connectivity index (χ0v) is 49.2. The van der Waals surface area contributed by atoms with Crippen LogP contribution in [-0.4, -0.2) is 37.2 Å². The third-order valence-corrected chi connectivity index (χ3v) is 14.6. The molecule has 0 aliphatic carbocycles. The fourth-order valence-electron chi connectivity index (χ4n) is 9.71. The molecule has 1 atom stereocenters. The largest absolute Gasteiger partial charge is 0.462 e. The van der Waals surface area contributed by atoms with Crippen molar-refractivity contribution in [1.29, 1.82) is 0 Å². The maximum Gasteiger partial charge on any atom is 0.306 e. The molecule has 0 radical (unpaired) electrons. The summed E-state index contributed by atoms with van der Waals surface area (Å²) in [6, 6.07) is 0. The first kappa shape index (κ1) is 70.6. The van der Waals surface area contributed by atoms with Crippen molar-refractivity contribution >= 4 is 17.9 Å². The minimum Gasteiger partial charge on any atom is -0.462 e. The van der Waals surface area contributed by atoms with E-state index in [1.807, 2.05) is 0 Å². The zero-order chi connectivity index (χ0) is 52.9. The van der Waals surface area contributed by atoms with Gasteiger partial charge < -0.3 is 14.2 Å². The summed E-state index contributed by atoms with van der Waals surface area (Å²) in [5, 5.41) is 0. The Morgan fingerprint density at radius 1 is 0.274 bits per heavy atom. The minimum absolute atomic E-state index is 0.0733. The lowest BCUT2D eigenvalue weighted by atomic mass is 10.0. The Hall–Kier alpha value is -2.37. The van der Waals surface area contributed by atoms with Gasteiger partial charge in [-0.25, -0.2) is 0 Å². The lowest BCUT2D eigenvalue weighted by Gasteiger charge is -2.18. The van der Waals surface area contributed by atoms with E-state index in [1.165, 1.54) is 238 Å². The molecule has 0 spiro atoms. The summed E-state index contributed by atoms with van der Waals surface area (Å²) in [6.07, 6.45) is 75.9. The van der Waals surface area contributed by atoms with Gasteiger partial charge >= 0.3 is 17.9 Å². The van der Waals surface area contributed by atoms with E-state index >= 15 is 0 Å². The van der Waals surface area contributed by atoms with Gasteiger partial charge in [0.15, 0.2) is 6.10 Å². The predicted molar refractivity (Wildman–Crippen MR) is 316 cm³/mol. The number of carbonyl (C=O) groups is 3. The van der Waals surface area contributed by atoms with E-state index in [0.717, 1.165) is 77.0 Å². The van der Waals surface area contributed by atoms with Gasteiger partial charge in [0.2, 0.25) is 0 Å². The van der Waals surface area contributed by atoms with Gasteiger partial charge in [0.1, 0.15) is 13.2 Å². The first-order valence-corrected chi connectivity index (χ1v) is 32.5. The average Bonchev–Trinajstić information content (AvgIpc) is 3.39. The fourth-order valence-corrected chi connectivity index (χ4v) is 9.71. The second-order valence-electron chi connectivity index (χ2n) is 22.0. The van der Waals surface area contributed by atoms with Gasteiger partial charge in [0, 0.05) is 19.3 Å². The summed E-state index contributed by atoms with van der Waals surface area (Å²) in [5.74, 6) is -0.865. The zero-order valence-electron chi connectivity index (χ0n) is 49.2. The number of carbonyl (C=O) groups excluding carboxylic acids is 3. The van der Waals surface area contributed by atoms with E-state index in [-0.39, 0.29) is 31.1 Å². The predicted octanol–water partition coefficient (Wildman–Crippen LogP) is 22.0. The molecular weight excluding hydrogens is 901 g/mol. The average molecular weight is 1030 g/mol. The summed E-state index contributed by atoms with van der Waals surface area (Å²) in [6.45, 7) is 6.66. The van der Waals surface area contributed by atoms with Crippen LogP contribution in [0.15, 0.2) is 36.5 Å². The number of ether oxygens (including phenoxy) is 3. The molecule has 0 N–H and O–H groups in total. The number of allylic oxidation sites excluding steroid dienone is 6. The Balaban J connectivity index is 4.20. The second kappa shape index (κ2) is 62.2. The van der Waals surface area contributed by atoms with Crippen LogP contribution in [0.25, 0.3) is 0 Å². The smallest absolute Gasteiger partial charge is 0.306 e. The Bertz CT molecular complexity index is 1220. The van der Waals surface area contributed by atoms with Crippen LogP contribution < -0.4 is 0 Å². The van der Waals surface area contributed by atoms with Crippen molar-refractivity contribution in [3.8, 4) is 0 Å². The molecule has 428 valence electrons. The molecule has 0 amide bonds. The molecule has 0 aromatic carbocycles. The summed E-state index contributed by atoms with van der Waals surface area (Å²) < 4.78 is 16.9. The van der Waals surface area contributed by atoms with Crippen LogP contribution in [0.5, 0.6) is 0 Å². The van der Waals surface area contributed by atoms with Gasteiger partial charge in [-0.3, -0.25) is 14.4 Å².